The van der Waals surface area contributed by atoms with Gasteiger partial charge in [0.05, 0.1) is 6.42 Å². The first-order valence-corrected chi connectivity index (χ1v) is 3.85. The molecule has 0 aromatic heterocycles. The topological polar surface area (TPSA) is 38.3 Å². The summed E-state index contributed by atoms with van der Waals surface area (Å²) in [6.07, 6.45) is 2.10. The summed E-state index contributed by atoms with van der Waals surface area (Å²) in [4.78, 5) is 13.6. The fraction of sp³-hybridized carbons (Fsp3) is 0.857. The number of piperidine rings is 1. The SMILES string of the molecule is O=C(CC1CCNCC1)OF. The molecule has 1 aliphatic rings. The van der Waals surface area contributed by atoms with E-state index in [1.807, 2.05) is 0 Å². The molecule has 1 aliphatic heterocycles. The van der Waals surface area contributed by atoms with E-state index < -0.39 is 5.97 Å². The number of halogens is 1. The van der Waals surface area contributed by atoms with E-state index in [1.165, 1.54) is 0 Å². The quantitative estimate of drug-likeness (QED) is 0.651. The van der Waals surface area contributed by atoms with Crippen molar-refractivity contribution < 1.29 is 14.3 Å². The van der Waals surface area contributed by atoms with Gasteiger partial charge in [-0.1, -0.05) is 0 Å². The first kappa shape index (κ1) is 8.46. The van der Waals surface area contributed by atoms with Gasteiger partial charge >= 0.3 is 5.97 Å². The zero-order valence-electron chi connectivity index (χ0n) is 6.31. The molecule has 1 N–H and O–H groups in total. The van der Waals surface area contributed by atoms with Gasteiger partial charge in [0.2, 0.25) is 0 Å². The van der Waals surface area contributed by atoms with Crippen LogP contribution in [0.1, 0.15) is 19.3 Å². The Balaban J connectivity index is 2.19. The van der Waals surface area contributed by atoms with Gasteiger partial charge in [0.25, 0.3) is 0 Å². The summed E-state index contributed by atoms with van der Waals surface area (Å²) in [5.74, 6) is -0.434. The third-order valence-corrected chi connectivity index (χ3v) is 2.00. The average Bonchev–Trinajstić information content (AvgIpc) is 2.06. The van der Waals surface area contributed by atoms with Gasteiger partial charge in [0.15, 0.2) is 0 Å². The van der Waals surface area contributed by atoms with Gasteiger partial charge in [-0.2, -0.15) is 0 Å². The third kappa shape index (κ3) is 2.84. The number of rotatable bonds is 2. The van der Waals surface area contributed by atoms with Crippen LogP contribution in [-0.4, -0.2) is 19.1 Å². The smallest absolute Gasteiger partial charge is 0.317 e. The lowest BCUT2D eigenvalue weighted by atomic mass is 9.95. The van der Waals surface area contributed by atoms with Crippen molar-refractivity contribution in [3.8, 4) is 0 Å². The van der Waals surface area contributed by atoms with E-state index in [-0.39, 0.29) is 6.42 Å². The van der Waals surface area contributed by atoms with Crippen molar-refractivity contribution in [1.29, 1.82) is 0 Å². The summed E-state index contributed by atoms with van der Waals surface area (Å²) >= 11 is 0. The predicted molar refractivity (Wildman–Crippen MR) is 37.4 cm³/mol. The number of nitrogens with one attached hydrogen (secondary N) is 1. The molecule has 3 nitrogen and oxygen atoms in total. The van der Waals surface area contributed by atoms with Crippen molar-refractivity contribution in [2.45, 2.75) is 19.3 Å². The summed E-state index contributed by atoms with van der Waals surface area (Å²) in [6, 6.07) is 0. The Hall–Kier alpha value is -0.640. The highest BCUT2D eigenvalue weighted by Crippen LogP contribution is 2.16. The third-order valence-electron chi connectivity index (χ3n) is 2.00. The van der Waals surface area contributed by atoms with E-state index in [9.17, 15) is 9.32 Å². The molecular formula is C7H12FNO2. The van der Waals surface area contributed by atoms with Crippen LogP contribution in [-0.2, 0) is 9.74 Å². The first-order valence-electron chi connectivity index (χ1n) is 3.85. The fourth-order valence-corrected chi connectivity index (χ4v) is 1.35. The van der Waals surface area contributed by atoms with Crippen LogP contribution in [0.5, 0.6) is 0 Å². The highest BCUT2D eigenvalue weighted by Gasteiger charge is 2.17. The summed E-state index contributed by atoms with van der Waals surface area (Å²) < 4.78 is 11.3. The zero-order valence-corrected chi connectivity index (χ0v) is 6.31. The van der Waals surface area contributed by atoms with E-state index in [4.69, 9.17) is 0 Å². The summed E-state index contributed by atoms with van der Waals surface area (Å²) in [5, 5.41) is 3.16. The highest BCUT2D eigenvalue weighted by atomic mass is 19.3. The Morgan fingerprint density at radius 3 is 2.73 bits per heavy atom. The Morgan fingerprint density at radius 2 is 2.18 bits per heavy atom. The van der Waals surface area contributed by atoms with Crippen molar-refractivity contribution in [1.82, 2.24) is 5.32 Å². The van der Waals surface area contributed by atoms with Crippen molar-refractivity contribution in [2.75, 3.05) is 13.1 Å². The second-order valence-corrected chi connectivity index (χ2v) is 2.85. The predicted octanol–water partition coefficient (Wildman–Crippen LogP) is 0.804. The molecule has 0 aromatic carbocycles. The van der Waals surface area contributed by atoms with Gasteiger partial charge in [-0.25, -0.2) is 4.79 Å². The molecule has 0 amide bonds. The lowest BCUT2D eigenvalue weighted by Gasteiger charge is -2.20. The van der Waals surface area contributed by atoms with E-state index in [0.29, 0.717) is 5.92 Å². The lowest BCUT2D eigenvalue weighted by Crippen LogP contribution is -2.28. The molecule has 1 saturated heterocycles. The van der Waals surface area contributed by atoms with Crippen LogP contribution in [0.15, 0.2) is 0 Å². The number of carbonyl (C=O) groups is 1. The Morgan fingerprint density at radius 1 is 1.55 bits per heavy atom. The van der Waals surface area contributed by atoms with Crippen molar-refractivity contribution >= 4 is 5.97 Å². The van der Waals surface area contributed by atoms with E-state index >= 15 is 0 Å². The standard InChI is InChI=1S/C7H12FNO2/c8-11-7(10)5-6-1-3-9-4-2-6/h6,9H,1-5H2. The molecule has 1 rings (SSSR count). The Bertz CT molecular complexity index is 134. The molecule has 4 heteroatoms. The molecule has 1 heterocycles. The number of carbonyl (C=O) groups excluding carboxylic acids is 1. The van der Waals surface area contributed by atoms with E-state index in [1.54, 1.807) is 0 Å². The molecule has 0 spiro atoms. The molecule has 1 fully saturated rings. The van der Waals surface area contributed by atoms with E-state index in [0.717, 1.165) is 25.9 Å². The molecule has 64 valence electrons. The summed E-state index contributed by atoms with van der Waals surface area (Å²) in [7, 11) is 0. The first-order chi connectivity index (χ1) is 5.33. The minimum atomic E-state index is -0.739. The molecular weight excluding hydrogens is 149 g/mol. The number of hydrogen-bond acceptors (Lipinski definition) is 3. The number of hydrogen-bond donors (Lipinski definition) is 1. The molecule has 0 saturated carbocycles. The minimum absolute atomic E-state index is 0.220. The molecule has 0 aliphatic carbocycles. The summed E-state index contributed by atoms with van der Waals surface area (Å²) in [6.45, 7) is 1.84. The molecule has 0 bridgehead atoms. The molecule has 0 unspecified atom stereocenters. The molecule has 0 aromatic rings. The van der Waals surface area contributed by atoms with Crippen LogP contribution < -0.4 is 5.32 Å². The maximum Gasteiger partial charge on any atom is 0.349 e. The van der Waals surface area contributed by atoms with Crippen molar-refractivity contribution in [3.63, 3.8) is 0 Å². The van der Waals surface area contributed by atoms with Crippen LogP contribution in [0.3, 0.4) is 0 Å². The molecule has 0 radical (unpaired) electrons. The second-order valence-electron chi connectivity index (χ2n) is 2.85. The van der Waals surface area contributed by atoms with Gasteiger partial charge in [-0.15, -0.1) is 0 Å². The Labute approximate surface area is 64.8 Å². The maximum absolute atomic E-state index is 11.3. The zero-order chi connectivity index (χ0) is 8.10. The minimum Gasteiger partial charge on any atom is -0.317 e. The van der Waals surface area contributed by atoms with Gasteiger partial charge in [0, 0.05) is 4.53 Å². The molecule has 0 atom stereocenters. The van der Waals surface area contributed by atoms with E-state index in [2.05, 4.69) is 10.3 Å². The second kappa shape index (κ2) is 4.28. The van der Waals surface area contributed by atoms with Crippen LogP contribution in [0.25, 0.3) is 0 Å². The Kier molecular flexibility index (Phi) is 3.29. The summed E-state index contributed by atoms with van der Waals surface area (Å²) in [5.41, 5.74) is 0. The van der Waals surface area contributed by atoms with Crippen LogP contribution in [0.4, 0.5) is 4.53 Å². The largest absolute Gasteiger partial charge is 0.349 e. The lowest BCUT2D eigenvalue weighted by molar-refractivity contribution is -0.185. The average molecular weight is 161 g/mol. The van der Waals surface area contributed by atoms with Gasteiger partial charge in [0.1, 0.15) is 0 Å². The van der Waals surface area contributed by atoms with Gasteiger partial charge in [-0.05, 0) is 31.8 Å². The van der Waals surface area contributed by atoms with Crippen LogP contribution in [0.2, 0.25) is 0 Å². The monoisotopic (exact) mass is 161 g/mol. The normalized spacial score (nSPS) is 19.7. The van der Waals surface area contributed by atoms with Crippen LogP contribution in [0, 0.1) is 5.92 Å². The van der Waals surface area contributed by atoms with Gasteiger partial charge in [-0.3, -0.25) is 4.94 Å². The van der Waals surface area contributed by atoms with Crippen molar-refractivity contribution in [3.05, 3.63) is 0 Å². The fourth-order valence-electron chi connectivity index (χ4n) is 1.35. The van der Waals surface area contributed by atoms with Crippen LogP contribution >= 0.6 is 0 Å². The van der Waals surface area contributed by atoms with Gasteiger partial charge < -0.3 is 5.32 Å². The maximum atomic E-state index is 11.3. The molecule has 11 heavy (non-hydrogen) atoms. The van der Waals surface area contributed by atoms with Crippen molar-refractivity contribution in [2.24, 2.45) is 5.92 Å². The highest BCUT2D eigenvalue weighted by molar-refractivity contribution is 5.68.